The Bertz CT molecular complexity index is 760. The standard InChI is InChI=1S/C18H25N5O2S/c1-4-19-17(21-10-14-11-26-18(22-14)23(2)3)20-8-7-13-5-6-15-16(9-13)25-12-24-15/h5-6,9,11H,4,7-8,10,12H2,1-3H3,(H2,19,20,21). The van der Waals surface area contributed by atoms with E-state index in [2.05, 4.69) is 39.0 Å². The number of aliphatic imine (C=N–C) groups is 1. The average Bonchev–Trinajstić information content (AvgIpc) is 3.28. The van der Waals surface area contributed by atoms with Gasteiger partial charge in [-0.25, -0.2) is 9.98 Å². The van der Waals surface area contributed by atoms with E-state index >= 15 is 0 Å². The molecule has 140 valence electrons. The van der Waals surface area contributed by atoms with Crippen LogP contribution >= 0.6 is 11.3 Å². The Hall–Kier alpha value is -2.48. The largest absolute Gasteiger partial charge is 0.454 e. The molecule has 0 unspecified atom stereocenters. The molecule has 0 fully saturated rings. The minimum atomic E-state index is 0.306. The predicted octanol–water partition coefficient (Wildman–Crippen LogP) is 2.24. The highest BCUT2D eigenvalue weighted by molar-refractivity contribution is 7.13. The van der Waals surface area contributed by atoms with Crippen molar-refractivity contribution in [2.45, 2.75) is 19.9 Å². The van der Waals surface area contributed by atoms with E-state index in [1.807, 2.05) is 31.1 Å². The van der Waals surface area contributed by atoms with Crippen molar-refractivity contribution in [2.24, 2.45) is 4.99 Å². The van der Waals surface area contributed by atoms with Crippen molar-refractivity contribution in [3.8, 4) is 11.5 Å². The number of anilines is 1. The van der Waals surface area contributed by atoms with Crippen molar-refractivity contribution in [3.63, 3.8) is 0 Å². The number of fused-ring (bicyclic) bond motifs is 1. The predicted molar refractivity (Wildman–Crippen MR) is 106 cm³/mol. The van der Waals surface area contributed by atoms with Crippen LogP contribution in [0.25, 0.3) is 0 Å². The molecule has 1 aliphatic rings. The lowest BCUT2D eigenvalue weighted by atomic mass is 10.1. The van der Waals surface area contributed by atoms with Gasteiger partial charge in [-0.2, -0.15) is 0 Å². The zero-order chi connectivity index (χ0) is 18.4. The molecule has 2 aromatic rings. The first-order valence-electron chi connectivity index (χ1n) is 8.68. The SMILES string of the molecule is CCNC(=NCc1csc(N(C)C)n1)NCCc1ccc2c(c1)OCO2. The molecule has 8 heteroatoms. The number of hydrogen-bond donors (Lipinski definition) is 2. The normalized spacial score (nSPS) is 13.0. The maximum atomic E-state index is 5.42. The van der Waals surface area contributed by atoms with Crippen LogP contribution in [-0.4, -0.2) is 44.9 Å². The second kappa shape index (κ2) is 8.75. The second-order valence-electron chi connectivity index (χ2n) is 6.08. The van der Waals surface area contributed by atoms with Crippen LogP contribution in [0.2, 0.25) is 0 Å². The molecule has 0 saturated heterocycles. The Morgan fingerprint density at radius 3 is 2.88 bits per heavy atom. The molecule has 0 atom stereocenters. The quantitative estimate of drug-likeness (QED) is 0.571. The number of ether oxygens (including phenoxy) is 2. The number of nitrogens with one attached hydrogen (secondary N) is 2. The Labute approximate surface area is 158 Å². The van der Waals surface area contributed by atoms with Crippen molar-refractivity contribution < 1.29 is 9.47 Å². The van der Waals surface area contributed by atoms with Crippen LogP contribution in [0.4, 0.5) is 5.13 Å². The van der Waals surface area contributed by atoms with Crippen molar-refractivity contribution in [2.75, 3.05) is 38.9 Å². The number of thiazole rings is 1. The molecule has 0 aliphatic carbocycles. The maximum Gasteiger partial charge on any atom is 0.231 e. The number of rotatable bonds is 7. The summed E-state index contributed by atoms with van der Waals surface area (Å²) >= 11 is 1.63. The highest BCUT2D eigenvalue weighted by atomic mass is 32.1. The summed E-state index contributed by atoms with van der Waals surface area (Å²) < 4.78 is 10.8. The molecule has 7 nitrogen and oxygen atoms in total. The fraction of sp³-hybridized carbons (Fsp3) is 0.444. The molecule has 0 saturated carbocycles. The van der Waals surface area contributed by atoms with Crippen LogP contribution in [0.3, 0.4) is 0 Å². The van der Waals surface area contributed by atoms with Gasteiger partial charge in [0.15, 0.2) is 22.6 Å². The van der Waals surface area contributed by atoms with Gasteiger partial charge in [0.25, 0.3) is 0 Å². The molecule has 1 aromatic carbocycles. The molecule has 2 heterocycles. The van der Waals surface area contributed by atoms with Crippen LogP contribution in [0, 0.1) is 0 Å². The highest BCUT2D eigenvalue weighted by Gasteiger charge is 2.13. The third-order valence-corrected chi connectivity index (χ3v) is 4.87. The minimum absolute atomic E-state index is 0.306. The molecule has 2 N–H and O–H groups in total. The maximum absolute atomic E-state index is 5.42. The van der Waals surface area contributed by atoms with Crippen LogP contribution in [0.5, 0.6) is 11.5 Å². The molecule has 0 amide bonds. The number of hydrogen-bond acceptors (Lipinski definition) is 6. The van der Waals surface area contributed by atoms with Gasteiger partial charge in [-0.3, -0.25) is 0 Å². The summed E-state index contributed by atoms with van der Waals surface area (Å²) in [7, 11) is 3.99. The Morgan fingerprint density at radius 2 is 2.12 bits per heavy atom. The van der Waals surface area contributed by atoms with Crippen molar-refractivity contribution in [3.05, 3.63) is 34.8 Å². The minimum Gasteiger partial charge on any atom is -0.454 e. The topological polar surface area (TPSA) is 71.0 Å². The van der Waals surface area contributed by atoms with E-state index in [-0.39, 0.29) is 0 Å². The van der Waals surface area contributed by atoms with Gasteiger partial charge < -0.3 is 25.0 Å². The average molecular weight is 375 g/mol. The molecule has 0 bridgehead atoms. The van der Waals surface area contributed by atoms with Gasteiger partial charge in [0.2, 0.25) is 6.79 Å². The van der Waals surface area contributed by atoms with Crippen LogP contribution < -0.4 is 25.0 Å². The molecular weight excluding hydrogens is 350 g/mol. The van der Waals surface area contributed by atoms with Gasteiger partial charge >= 0.3 is 0 Å². The molecular formula is C18H25N5O2S. The lowest BCUT2D eigenvalue weighted by Gasteiger charge is -2.11. The van der Waals surface area contributed by atoms with Crippen molar-refractivity contribution in [1.29, 1.82) is 0 Å². The lowest BCUT2D eigenvalue weighted by molar-refractivity contribution is 0.174. The third kappa shape index (κ3) is 4.78. The fourth-order valence-electron chi connectivity index (χ4n) is 2.50. The first-order chi connectivity index (χ1) is 12.7. The van der Waals surface area contributed by atoms with E-state index < -0.39 is 0 Å². The molecule has 0 radical (unpaired) electrons. The van der Waals surface area contributed by atoms with E-state index in [0.29, 0.717) is 13.3 Å². The van der Waals surface area contributed by atoms with E-state index in [1.165, 1.54) is 5.56 Å². The van der Waals surface area contributed by atoms with E-state index in [9.17, 15) is 0 Å². The van der Waals surface area contributed by atoms with E-state index in [4.69, 9.17) is 9.47 Å². The Morgan fingerprint density at radius 1 is 1.27 bits per heavy atom. The summed E-state index contributed by atoms with van der Waals surface area (Å²) in [5, 5.41) is 9.69. The van der Waals surface area contributed by atoms with Crippen LogP contribution in [0.1, 0.15) is 18.2 Å². The fourth-order valence-corrected chi connectivity index (χ4v) is 3.25. The summed E-state index contributed by atoms with van der Waals surface area (Å²) in [6.45, 7) is 4.52. The zero-order valence-corrected chi connectivity index (χ0v) is 16.2. The number of guanidine groups is 1. The summed E-state index contributed by atoms with van der Waals surface area (Å²) in [5.41, 5.74) is 2.18. The zero-order valence-electron chi connectivity index (χ0n) is 15.4. The number of aromatic nitrogens is 1. The molecule has 1 aromatic heterocycles. The van der Waals surface area contributed by atoms with Gasteiger partial charge in [-0.15, -0.1) is 11.3 Å². The Balaban J connectivity index is 1.52. The summed E-state index contributed by atoms with van der Waals surface area (Å²) in [6.07, 6.45) is 0.878. The van der Waals surface area contributed by atoms with Gasteiger partial charge in [0.1, 0.15) is 0 Å². The van der Waals surface area contributed by atoms with Crippen molar-refractivity contribution >= 4 is 22.4 Å². The van der Waals surface area contributed by atoms with Gasteiger partial charge in [0.05, 0.1) is 12.2 Å². The smallest absolute Gasteiger partial charge is 0.231 e. The number of benzene rings is 1. The van der Waals surface area contributed by atoms with E-state index in [1.54, 1.807) is 11.3 Å². The monoisotopic (exact) mass is 375 g/mol. The van der Waals surface area contributed by atoms with Gasteiger partial charge in [-0.05, 0) is 31.0 Å². The highest BCUT2D eigenvalue weighted by Crippen LogP contribution is 2.32. The first kappa shape index (κ1) is 18.3. The summed E-state index contributed by atoms with van der Waals surface area (Å²) in [6, 6.07) is 6.06. The first-order valence-corrected chi connectivity index (χ1v) is 9.56. The van der Waals surface area contributed by atoms with Crippen molar-refractivity contribution in [1.82, 2.24) is 15.6 Å². The molecule has 3 rings (SSSR count). The summed E-state index contributed by atoms with van der Waals surface area (Å²) in [4.78, 5) is 11.2. The third-order valence-electron chi connectivity index (χ3n) is 3.81. The lowest BCUT2D eigenvalue weighted by Crippen LogP contribution is -2.38. The van der Waals surface area contributed by atoms with E-state index in [0.717, 1.165) is 47.8 Å². The Kier molecular flexibility index (Phi) is 6.17. The second-order valence-corrected chi connectivity index (χ2v) is 6.91. The molecule has 1 aliphatic heterocycles. The van der Waals surface area contributed by atoms with Crippen LogP contribution in [-0.2, 0) is 13.0 Å². The van der Waals surface area contributed by atoms with Gasteiger partial charge in [-0.1, -0.05) is 6.07 Å². The summed E-state index contributed by atoms with van der Waals surface area (Å²) in [5.74, 6) is 2.44. The van der Waals surface area contributed by atoms with Gasteiger partial charge in [0, 0.05) is 32.6 Å². The number of nitrogens with zero attached hydrogens (tertiary/aromatic N) is 3. The molecule has 0 spiro atoms. The van der Waals surface area contributed by atoms with Crippen LogP contribution in [0.15, 0.2) is 28.6 Å². The molecule has 26 heavy (non-hydrogen) atoms.